The molecule has 1 saturated heterocycles. The first-order chi connectivity index (χ1) is 6.81. The van der Waals surface area contributed by atoms with Gasteiger partial charge in [0, 0.05) is 13.1 Å². The summed E-state index contributed by atoms with van der Waals surface area (Å²) in [4.78, 5) is 1.93. The molecule has 2 rings (SSSR count). The average molecular weight is 190 g/mol. The van der Waals surface area contributed by atoms with Gasteiger partial charge < -0.3 is 4.90 Å². The number of para-hydroxylation sites is 1. The molecule has 1 heterocycles. The zero-order valence-corrected chi connectivity index (χ0v) is 7.78. The SMILES string of the molecule is N#Cc1ccccc1N1CCC(F)C1. The molecule has 1 aromatic carbocycles. The maximum atomic E-state index is 13.0. The van der Waals surface area contributed by atoms with Crippen molar-refractivity contribution in [1.29, 1.82) is 5.26 Å². The summed E-state index contributed by atoms with van der Waals surface area (Å²) in [5, 5.41) is 8.87. The number of alkyl halides is 1. The molecule has 0 bridgehead atoms. The van der Waals surface area contributed by atoms with Crippen molar-refractivity contribution >= 4 is 5.69 Å². The summed E-state index contributed by atoms with van der Waals surface area (Å²) in [6, 6.07) is 9.46. The van der Waals surface area contributed by atoms with Gasteiger partial charge in [-0.05, 0) is 18.6 Å². The highest BCUT2D eigenvalue weighted by molar-refractivity contribution is 5.59. The summed E-state index contributed by atoms with van der Waals surface area (Å²) >= 11 is 0. The van der Waals surface area contributed by atoms with Gasteiger partial charge in [-0.15, -0.1) is 0 Å². The van der Waals surface area contributed by atoms with Crippen molar-refractivity contribution in [2.45, 2.75) is 12.6 Å². The third-order valence-electron chi connectivity index (χ3n) is 2.50. The Bertz CT molecular complexity index is 370. The van der Waals surface area contributed by atoms with Crippen LogP contribution in [0.2, 0.25) is 0 Å². The van der Waals surface area contributed by atoms with E-state index in [1.165, 1.54) is 0 Å². The van der Waals surface area contributed by atoms with Crippen LogP contribution in [0.4, 0.5) is 10.1 Å². The van der Waals surface area contributed by atoms with E-state index < -0.39 is 6.17 Å². The molecule has 1 aliphatic heterocycles. The highest BCUT2D eigenvalue weighted by Gasteiger charge is 2.23. The first-order valence-electron chi connectivity index (χ1n) is 4.69. The number of nitrogens with zero attached hydrogens (tertiary/aromatic N) is 2. The summed E-state index contributed by atoms with van der Waals surface area (Å²) in [5.74, 6) is 0. The molecule has 72 valence electrons. The fourth-order valence-electron chi connectivity index (χ4n) is 1.78. The van der Waals surface area contributed by atoms with Crippen LogP contribution in [0.3, 0.4) is 0 Å². The van der Waals surface area contributed by atoms with Crippen LogP contribution in [0.25, 0.3) is 0 Å². The topological polar surface area (TPSA) is 27.0 Å². The van der Waals surface area contributed by atoms with Gasteiger partial charge in [0.1, 0.15) is 12.2 Å². The molecule has 1 atom stereocenters. The first kappa shape index (κ1) is 9.01. The van der Waals surface area contributed by atoms with Crippen molar-refractivity contribution < 1.29 is 4.39 Å². The molecule has 1 aromatic rings. The Hall–Kier alpha value is -1.56. The molecule has 3 heteroatoms. The maximum Gasteiger partial charge on any atom is 0.119 e. The Morgan fingerprint density at radius 2 is 2.21 bits per heavy atom. The summed E-state index contributed by atoms with van der Waals surface area (Å²) in [5.41, 5.74) is 1.48. The first-order valence-corrected chi connectivity index (χ1v) is 4.69. The number of hydrogen-bond acceptors (Lipinski definition) is 2. The maximum absolute atomic E-state index is 13.0. The predicted octanol–water partition coefficient (Wildman–Crippen LogP) is 2.11. The van der Waals surface area contributed by atoms with E-state index in [0.717, 1.165) is 5.69 Å². The normalized spacial score (nSPS) is 20.9. The molecule has 1 aliphatic rings. The number of nitriles is 1. The lowest BCUT2D eigenvalue weighted by Crippen LogP contribution is -2.20. The second kappa shape index (κ2) is 3.67. The summed E-state index contributed by atoms with van der Waals surface area (Å²) in [6.45, 7) is 1.12. The second-order valence-electron chi connectivity index (χ2n) is 3.46. The van der Waals surface area contributed by atoms with Crippen LogP contribution in [-0.4, -0.2) is 19.3 Å². The molecule has 1 fully saturated rings. The molecule has 0 radical (unpaired) electrons. The average Bonchev–Trinajstić information content (AvgIpc) is 2.65. The van der Waals surface area contributed by atoms with Crippen LogP contribution < -0.4 is 4.90 Å². The molecule has 0 saturated carbocycles. The van der Waals surface area contributed by atoms with Crippen molar-refractivity contribution in [3.8, 4) is 6.07 Å². The Balaban J connectivity index is 2.28. The third-order valence-corrected chi connectivity index (χ3v) is 2.50. The minimum atomic E-state index is -0.748. The van der Waals surface area contributed by atoms with Gasteiger partial charge >= 0.3 is 0 Å². The van der Waals surface area contributed by atoms with Crippen LogP contribution in [-0.2, 0) is 0 Å². The second-order valence-corrected chi connectivity index (χ2v) is 3.46. The van der Waals surface area contributed by atoms with E-state index in [9.17, 15) is 4.39 Å². The van der Waals surface area contributed by atoms with E-state index >= 15 is 0 Å². The monoisotopic (exact) mass is 190 g/mol. The van der Waals surface area contributed by atoms with Crippen molar-refractivity contribution in [2.75, 3.05) is 18.0 Å². The molecule has 1 unspecified atom stereocenters. The zero-order valence-electron chi connectivity index (χ0n) is 7.78. The lowest BCUT2D eigenvalue weighted by atomic mass is 10.2. The molecule has 0 N–H and O–H groups in total. The van der Waals surface area contributed by atoms with E-state index in [1.54, 1.807) is 6.07 Å². The van der Waals surface area contributed by atoms with Crippen LogP contribution in [0.5, 0.6) is 0 Å². The third kappa shape index (κ3) is 1.56. The Morgan fingerprint density at radius 1 is 1.43 bits per heavy atom. The summed E-state index contributed by atoms with van der Waals surface area (Å²) < 4.78 is 13.0. The van der Waals surface area contributed by atoms with Crippen LogP contribution in [0.15, 0.2) is 24.3 Å². The molecule has 0 aliphatic carbocycles. The highest BCUT2D eigenvalue weighted by Crippen LogP contribution is 2.24. The van der Waals surface area contributed by atoms with E-state index in [1.807, 2.05) is 23.1 Å². The molecular formula is C11H11FN2. The van der Waals surface area contributed by atoms with E-state index in [4.69, 9.17) is 5.26 Å². The molecule has 14 heavy (non-hydrogen) atoms. The van der Waals surface area contributed by atoms with Crippen LogP contribution in [0.1, 0.15) is 12.0 Å². The fraction of sp³-hybridized carbons (Fsp3) is 0.364. The van der Waals surface area contributed by atoms with Gasteiger partial charge in [-0.1, -0.05) is 12.1 Å². The number of benzene rings is 1. The molecule has 2 nitrogen and oxygen atoms in total. The van der Waals surface area contributed by atoms with Crippen molar-refractivity contribution in [3.63, 3.8) is 0 Å². The lowest BCUT2D eigenvalue weighted by molar-refractivity contribution is 0.364. The zero-order chi connectivity index (χ0) is 9.97. The Labute approximate surface area is 82.6 Å². The molecule has 0 amide bonds. The van der Waals surface area contributed by atoms with E-state index in [-0.39, 0.29) is 0 Å². The molecular weight excluding hydrogens is 179 g/mol. The smallest absolute Gasteiger partial charge is 0.119 e. The van der Waals surface area contributed by atoms with Crippen molar-refractivity contribution in [2.24, 2.45) is 0 Å². The van der Waals surface area contributed by atoms with E-state index in [2.05, 4.69) is 6.07 Å². The van der Waals surface area contributed by atoms with Gasteiger partial charge in [-0.3, -0.25) is 0 Å². The van der Waals surface area contributed by atoms with Crippen LogP contribution >= 0.6 is 0 Å². The van der Waals surface area contributed by atoms with Gasteiger partial charge in [0.25, 0.3) is 0 Å². The fourth-order valence-corrected chi connectivity index (χ4v) is 1.78. The summed E-state index contributed by atoms with van der Waals surface area (Å²) in [6.07, 6.45) is -0.179. The van der Waals surface area contributed by atoms with Crippen molar-refractivity contribution in [3.05, 3.63) is 29.8 Å². The standard InChI is InChI=1S/C11H11FN2/c12-10-5-6-14(8-10)11-4-2-1-3-9(11)7-13/h1-4,10H,5-6,8H2. The number of hydrogen-bond donors (Lipinski definition) is 0. The van der Waals surface area contributed by atoms with Crippen molar-refractivity contribution in [1.82, 2.24) is 0 Å². The van der Waals surface area contributed by atoms with Gasteiger partial charge in [0.2, 0.25) is 0 Å². The molecule has 0 spiro atoms. The van der Waals surface area contributed by atoms with Gasteiger partial charge in [0.15, 0.2) is 0 Å². The summed E-state index contributed by atoms with van der Waals surface area (Å²) in [7, 11) is 0. The number of anilines is 1. The Kier molecular flexibility index (Phi) is 2.36. The minimum absolute atomic E-state index is 0.415. The van der Waals surface area contributed by atoms with Gasteiger partial charge in [-0.2, -0.15) is 5.26 Å². The molecule has 0 aromatic heterocycles. The van der Waals surface area contributed by atoms with E-state index in [0.29, 0.717) is 25.1 Å². The predicted molar refractivity (Wildman–Crippen MR) is 52.9 cm³/mol. The number of rotatable bonds is 1. The van der Waals surface area contributed by atoms with Gasteiger partial charge in [0.05, 0.1) is 11.3 Å². The highest BCUT2D eigenvalue weighted by atomic mass is 19.1. The van der Waals surface area contributed by atoms with Crippen LogP contribution in [0, 0.1) is 11.3 Å². The Morgan fingerprint density at radius 3 is 2.86 bits per heavy atom. The lowest BCUT2D eigenvalue weighted by Gasteiger charge is -2.18. The number of halogens is 1. The van der Waals surface area contributed by atoms with Gasteiger partial charge in [-0.25, -0.2) is 4.39 Å². The quantitative estimate of drug-likeness (QED) is 0.678. The minimum Gasteiger partial charge on any atom is -0.367 e. The largest absolute Gasteiger partial charge is 0.367 e.